The van der Waals surface area contributed by atoms with Crippen LogP contribution >= 0.6 is 0 Å². The summed E-state index contributed by atoms with van der Waals surface area (Å²) in [6.45, 7) is 0.740. The van der Waals surface area contributed by atoms with Crippen LogP contribution in [0.1, 0.15) is 0 Å². The number of piperazine rings is 1. The highest BCUT2D eigenvalue weighted by Crippen LogP contribution is 2.02. The highest BCUT2D eigenvalue weighted by Gasteiger charge is 2.23. The van der Waals surface area contributed by atoms with Crippen LogP contribution in [0.15, 0.2) is 0 Å². The van der Waals surface area contributed by atoms with Crippen molar-refractivity contribution in [2.45, 2.75) is 0 Å². The Labute approximate surface area is 64.9 Å². The topological polar surface area (TPSA) is 81.1 Å². The third-order valence-electron chi connectivity index (χ3n) is 1.54. The van der Waals surface area contributed by atoms with Crippen molar-refractivity contribution in [2.24, 2.45) is 0 Å². The molecule has 0 aromatic heterocycles. The van der Waals surface area contributed by atoms with Crippen molar-refractivity contribution in [1.29, 1.82) is 0 Å². The molecule has 0 spiro atoms. The number of nitrogens with zero attached hydrogens (tertiary/aromatic N) is 2. The molecular formula is C4H10N2O4S. The molecule has 0 aromatic carbocycles. The minimum absolute atomic E-state index is 0.134. The summed E-state index contributed by atoms with van der Waals surface area (Å²) in [6.07, 6.45) is 0. The van der Waals surface area contributed by atoms with Crippen molar-refractivity contribution in [3.05, 3.63) is 0 Å². The zero-order valence-electron chi connectivity index (χ0n) is 5.84. The number of rotatable bonds is 1. The SMILES string of the molecule is O=S(=O)(O)N1CCN(O)CC1. The maximum Gasteiger partial charge on any atom is 0.335 e. The maximum atomic E-state index is 10.5. The summed E-state index contributed by atoms with van der Waals surface area (Å²) in [7, 11) is -4.05. The van der Waals surface area contributed by atoms with Crippen LogP contribution in [0.2, 0.25) is 0 Å². The standard InChI is InChI=1S/C4H10N2O4S/c7-5-1-3-6(4-2-5)11(8,9)10/h7H,1-4H2,(H,8,9,10). The van der Waals surface area contributed by atoms with Crippen LogP contribution in [0, 0.1) is 0 Å². The number of hydrogen-bond acceptors (Lipinski definition) is 4. The zero-order chi connectivity index (χ0) is 8.48. The lowest BCUT2D eigenvalue weighted by Gasteiger charge is -2.27. The Morgan fingerprint density at radius 2 is 1.55 bits per heavy atom. The third kappa shape index (κ3) is 2.38. The van der Waals surface area contributed by atoms with Crippen LogP contribution in [0.5, 0.6) is 0 Å². The second-order valence-electron chi connectivity index (χ2n) is 2.33. The van der Waals surface area contributed by atoms with E-state index in [1.807, 2.05) is 0 Å². The van der Waals surface area contributed by atoms with E-state index in [0.29, 0.717) is 0 Å². The molecule has 11 heavy (non-hydrogen) atoms. The molecular weight excluding hydrogens is 172 g/mol. The summed E-state index contributed by atoms with van der Waals surface area (Å²) < 4.78 is 30.4. The molecule has 0 radical (unpaired) electrons. The van der Waals surface area contributed by atoms with E-state index in [2.05, 4.69) is 0 Å². The van der Waals surface area contributed by atoms with E-state index in [9.17, 15) is 8.42 Å². The lowest BCUT2D eigenvalue weighted by Crippen LogP contribution is -2.47. The van der Waals surface area contributed by atoms with Crippen LogP contribution in [0.4, 0.5) is 0 Å². The van der Waals surface area contributed by atoms with Crippen molar-refractivity contribution >= 4 is 10.3 Å². The summed E-state index contributed by atoms with van der Waals surface area (Å²) in [5, 5.41) is 9.84. The predicted molar refractivity (Wildman–Crippen MR) is 36.5 cm³/mol. The van der Waals surface area contributed by atoms with Gasteiger partial charge in [0, 0.05) is 26.2 Å². The second kappa shape index (κ2) is 3.03. The normalized spacial score (nSPS) is 23.8. The van der Waals surface area contributed by atoms with E-state index < -0.39 is 10.3 Å². The maximum absolute atomic E-state index is 10.5. The molecule has 0 unspecified atom stereocenters. The lowest BCUT2D eigenvalue weighted by atomic mass is 10.4. The average Bonchev–Trinajstić information content (AvgIpc) is 1.86. The summed E-state index contributed by atoms with van der Waals surface area (Å²) >= 11 is 0. The molecule has 66 valence electrons. The van der Waals surface area contributed by atoms with Crippen molar-refractivity contribution in [1.82, 2.24) is 9.37 Å². The smallest absolute Gasteiger partial charge is 0.314 e. The predicted octanol–water partition coefficient (Wildman–Crippen LogP) is -1.20. The Morgan fingerprint density at radius 3 is 1.91 bits per heavy atom. The molecule has 7 heteroatoms. The zero-order valence-corrected chi connectivity index (χ0v) is 6.66. The summed E-state index contributed by atoms with van der Waals surface area (Å²) in [4.78, 5) is 0. The minimum Gasteiger partial charge on any atom is -0.314 e. The van der Waals surface area contributed by atoms with Crippen LogP contribution < -0.4 is 0 Å². The van der Waals surface area contributed by atoms with Gasteiger partial charge < -0.3 is 5.21 Å². The first-order chi connectivity index (χ1) is 5.00. The van der Waals surface area contributed by atoms with E-state index in [-0.39, 0.29) is 26.2 Å². The van der Waals surface area contributed by atoms with Gasteiger partial charge in [-0.3, -0.25) is 4.55 Å². The van der Waals surface area contributed by atoms with Gasteiger partial charge in [0.2, 0.25) is 0 Å². The largest absolute Gasteiger partial charge is 0.335 e. The summed E-state index contributed by atoms with van der Waals surface area (Å²) in [6, 6.07) is 0. The van der Waals surface area contributed by atoms with E-state index in [1.54, 1.807) is 0 Å². The molecule has 1 fully saturated rings. The van der Waals surface area contributed by atoms with Gasteiger partial charge in [-0.15, -0.1) is 0 Å². The molecule has 1 heterocycles. The fraction of sp³-hybridized carbons (Fsp3) is 1.00. The molecule has 0 atom stereocenters. The molecule has 1 rings (SSSR count). The Kier molecular flexibility index (Phi) is 2.45. The minimum atomic E-state index is -4.05. The Bertz CT molecular complexity index is 218. The average molecular weight is 182 g/mol. The fourth-order valence-corrected chi connectivity index (χ4v) is 1.53. The van der Waals surface area contributed by atoms with Gasteiger partial charge >= 0.3 is 10.3 Å². The molecule has 1 aliphatic heterocycles. The van der Waals surface area contributed by atoms with E-state index in [1.165, 1.54) is 0 Å². The van der Waals surface area contributed by atoms with Crippen molar-refractivity contribution in [3.8, 4) is 0 Å². The molecule has 6 nitrogen and oxygen atoms in total. The van der Waals surface area contributed by atoms with E-state index in [4.69, 9.17) is 9.76 Å². The molecule has 0 bridgehead atoms. The Balaban J connectivity index is 2.53. The van der Waals surface area contributed by atoms with Gasteiger partial charge in [0.25, 0.3) is 0 Å². The molecule has 0 aromatic rings. The number of hydrogen-bond donors (Lipinski definition) is 2. The van der Waals surface area contributed by atoms with Crippen molar-refractivity contribution in [3.63, 3.8) is 0 Å². The van der Waals surface area contributed by atoms with Gasteiger partial charge in [0.1, 0.15) is 0 Å². The van der Waals surface area contributed by atoms with Gasteiger partial charge in [0.15, 0.2) is 0 Å². The Hall–Kier alpha value is -0.210. The van der Waals surface area contributed by atoms with Crippen LogP contribution in [0.3, 0.4) is 0 Å². The highest BCUT2D eigenvalue weighted by atomic mass is 32.2. The quantitative estimate of drug-likeness (QED) is 0.498. The summed E-state index contributed by atoms with van der Waals surface area (Å²) in [5.74, 6) is 0. The molecule has 0 amide bonds. The molecule has 1 aliphatic rings. The van der Waals surface area contributed by atoms with Gasteiger partial charge in [0.05, 0.1) is 0 Å². The Morgan fingerprint density at radius 1 is 1.09 bits per heavy atom. The van der Waals surface area contributed by atoms with Gasteiger partial charge in [-0.25, -0.2) is 0 Å². The molecule has 1 saturated heterocycles. The highest BCUT2D eigenvalue weighted by molar-refractivity contribution is 7.83. The first kappa shape index (κ1) is 8.88. The monoisotopic (exact) mass is 182 g/mol. The first-order valence-corrected chi connectivity index (χ1v) is 4.56. The van der Waals surface area contributed by atoms with Crippen LogP contribution in [-0.2, 0) is 10.3 Å². The molecule has 0 saturated carbocycles. The van der Waals surface area contributed by atoms with Gasteiger partial charge in [-0.05, 0) is 0 Å². The van der Waals surface area contributed by atoms with Crippen LogP contribution in [0.25, 0.3) is 0 Å². The van der Waals surface area contributed by atoms with Crippen molar-refractivity contribution in [2.75, 3.05) is 26.2 Å². The van der Waals surface area contributed by atoms with Gasteiger partial charge in [-0.2, -0.15) is 17.8 Å². The van der Waals surface area contributed by atoms with Crippen LogP contribution in [-0.4, -0.2) is 53.7 Å². The third-order valence-corrected chi connectivity index (χ3v) is 2.56. The van der Waals surface area contributed by atoms with Gasteiger partial charge in [-0.1, -0.05) is 0 Å². The molecule has 2 N–H and O–H groups in total. The fourth-order valence-electron chi connectivity index (χ4n) is 0.908. The van der Waals surface area contributed by atoms with Crippen molar-refractivity contribution < 1.29 is 18.2 Å². The lowest BCUT2D eigenvalue weighted by molar-refractivity contribution is -0.108. The molecule has 0 aliphatic carbocycles. The first-order valence-electron chi connectivity index (χ1n) is 3.16. The van der Waals surface area contributed by atoms with E-state index in [0.717, 1.165) is 9.37 Å². The van der Waals surface area contributed by atoms with E-state index >= 15 is 0 Å². The summed E-state index contributed by atoms with van der Waals surface area (Å²) in [5.41, 5.74) is 0. The second-order valence-corrected chi connectivity index (χ2v) is 3.74. The number of hydroxylamine groups is 2.